The lowest BCUT2D eigenvalue weighted by Gasteiger charge is -2.35. The minimum atomic E-state index is -0.0363. The van der Waals surface area contributed by atoms with Gasteiger partial charge in [-0.3, -0.25) is 4.79 Å². The summed E-state index contributed by atoms with van der Waals surface area (Å²) in [5, 5.41) is 3.79. The second-order valence-electron chi connectivity index (χ2n) is 7.36. The SMILES string of the molecule is Cc1cc(Br)ccc1NC(=O)CSc1cc(N2CC(C)CC(C)C2)ncn1. The third-order valence-corrected chi connectivity index (χ3v) is 6.05. The number of nitrogens with zero attached hydrogens (tertiary/aromatic N) is 3. The number of halogens is 1. The largest absolute Gasteiger partial charge is 0.356 e. The van der Waals surface area contributed by atoms with Crippen LogP contribution in [0.25, 0.3) is 0 Å². The molecular formula is C20H25BrN4OS. The maximum absolute atomic E-state index is 12.3. The summed E-state index contributed by atoms with van der Waals surface area (Å²) < 4.78 is 1.00. The molecule has 1 aromatic carbocycles. The number of aromatic nitrogens is 2. The first-order chi connectivity index (χ1) is 12.9. The van der Waals surface area contributed by atoms with Crippen LogP contribution in [0.1, 0.15) is 25.8 Å². The van der Waals surface area contributed by atoms with E-state index < -0.39 is 0 Å². The van der Waals surface area contributed by atoms with Gasteiger partial charge in [0.05, 0.1) is 5.75 Å². The number of nitrogens with one attached hydrogen (secondary N) is 1. The first kappa shape index (κ1) is 20.1. The highest BCUT2D eigenvalue weighted by atomic mass is 79.9. The summed E-state index contributed by atoms with van der Waals surface area (Å²) in [6.45, 7) is 8.59. The second-order valence-corrected chi connectivity index (χ2v) is 9.27. The van der Waals surface area contributed by atoms with E-state index in [0.717, 1.165) is 39.7 Å². The van der Waals surface area contributed by atoms with Crippen molar-refractivity contribution >= 4 is 45.1 Å². The first-order valence-electron chi connectivity index (χ1n) is 9.16. The molecule has 144 valence electrons. The van der Waals surface area contributed by atoms with Gasteiger partial charge >= 0.3 is 0 Å². The van der Waals surface area contributed by atoms with E-state index in [2.05, 4.69) is 50.0 Å². The molecule has 2 unspecified atom stereocenters. The van der Waals surface area contributed by atoms with Gasteiger partial charge in [0, 0.05) is 29.3 Å². The number of carbonyl (C=O) groups excluding carboxylic acids is 1. The van der Waals surface area contributed by atoms with Gasteiger partial charge < -0.3 is 10.2 Å². The molecule has 3 rings (SSSR count). The Balaban J connectivity index is 1.58. The molecule has 0 spiro atoms. The van der Waals surface area contributed by atoms with Crippen LogP contribution in [0.15, 0.2) is 40.1 Å². The zero-order chi connectivity index (χ0) is 19.4. The Morgan fingerprint density at radius 2 is 2.00 bits per heavy atom. The van der Waals surface area contributed by atoms with Crippen LogP contribution in [-0.2, 0) is 4.79 Å². The Labute approximate surface area is 173 Å². The Hall–Kier alpha value is -1.60. The lowest BCUT2D eigenvalue weighted by molar-refractivity contribution is -0.113. The van der Waals surface area contributed by atoms with Gasteiger partial charge in [-0.1, -0.05) is 41.5 Å². The van der Waals surface area contributed by atoms with Gasteiger partial charge in [-0.15, -0.1) is 0 Å². The number of hydrogen-bond acceptors (Lipinski definition) is 5. The molecule has 1 aliphatic heterocycles. The summed E-state index contributed by atoms with van der Waals surface area (Å²) in [6, 6.07) is 7.81. The van der Waals surface area contributed by atoms with Gasteiger partial charge in [0.25, 0.3) is 0 Å². The van der Waals surface area contributed by atoms with Crippen LogP contribution in [0.2, 0.25) is 0 Å². The van der Waals surface area contributed by atoms with Gasteiger partial charge in [-0.2, -0.15) is 0 Å². The molecule has 5 nitrogen and oxygen atoms in total. The van der Waals surface area contributed by atoms with Gasteiger partial charge in [0.1, 0.15) is 17.2 Å². The zero-order valence-electron chi connectivity index (χ0n) is 15.9. The highest BCUT2D eigenvalue weighted by Crippen LogP contribution is 2.27. The summed E-state index contributed by atoms with van der Waals surface area (Å²) in [5.74, 6) is 2.57. The van der Waals surface area contributed by atoms with Crippen molar-refractivity contribution in [2.75, 3.05) is 29.1 Å². The Kier molecular flexibility index (Phi) is 6.76. The van der Waals surface area contributed by atoms with Gasteiger partial charge in [0.2, 0.25) is 5.91 Å². The molecule has 2 heterocycles. The number of anilines is 2. The van der Waals surface area contributed by atoms with Crippen molar-refractivity contribution < 1.29 is 4.79 Å². The van der Waals surface area contributed by atoms with Gasteiger partial charge in [-0.25, -0.2) is 9.97 Å². The predicted molar refractivity (Wildman–Crippen MR) is 115 cm³/mol. The molecule has 1 N–H and O–H groups in total. The van der Waals surface area contributed by atoms with E-state index in [1.807, 2.05) is 31.2 Å². The molecule has 0 aliphatic carbocycles. The topological polar surface area (TPSA) is 58.1 Å². The molecule has 0 bridgehead atoms. The number of aryl methyl sites for hydroxylation is 1. The number of carbonyl (C=O) groups is 1. The van der Waals surface area contributed by atoms with E-state index in [4.69, 9.17) is 0 Å². The molecule has 1 aromatic heterocycles. The minimum Gasteiger partial charge on any atom is -0.356 e. The van der Waals surface area contributed by atoms with Crippen LogP contribution in [0.5, 0.6) is 0 Å². The predicted octanol–water partition coefficient (Wildman–Crippen LogP) is 4.76. The normalized spacial score (nSPS) is 19.8. The number of thioether (sulfide) groups is 1. The standard InChI is InChI=1S/C20H25BrN4OS/c1-13-6-14(2)10-25(9-13)18-8-20(23-12-22-18)27-11-19(26)24-17-5-4-16(21)7-15(17)3/h4-5,7-8,12-14H,6,9-11H2,1-3H3,(H,24,26). The van der Waals surface area contributed by atoms with E-state index in [-0.39, 0.29) is 5.91 Å². The quantitative estimate of drug-likeness (QED) is 0.527. The van der Waals surface area contributed by atoms with Crippen molar-refractivity contribution in [2.45, 2.75) is 32.2 Å². The van der Waals surface area contributed by atoms with Crippen LogP contribution in [0.3, 0.4) is 0 Å². The van der Waals surface area contributed by atoms with Crippen LogP contribution in [0.4, 0.5) is 11.5 Å². The smallest absolute Gasteiger partial charge is 0.234 e. The molecule has 1 amide bonds. The summed E-state index contributed by atoms with van der Waals surface area (Å²) in [7, 11) is 0. The second kappa shape index (κ2) is 9.06. The lowest BCUT2D eigenvalue weighted by atomic mass is 9.92. The molecule has 0 saturated carbocycles. The van der Waals surface area contributed by atoms with E-state index in [0.29, 0.717) is 17.6 Å². The molecular weight excluding hydrogens is 424 g/mol. The summed E-state index contributed by atoms with van der Waals surface area (Å²) >= 11 is 4.87. The van der Waals surface area contributed by atoms with E-state index in [9.17, 15) is 4.79 Å². The van der Waals surface area contributed by atoms with Crippen LogP contribution in [0, 0.1) is 18.8 Å². The number of benzene rings is 1. The zero-order valence-corrected chi connectivity index (χ0v) is 18.3. The monoisotopic (exact) mass is 448 g/mol. The molecule has 1 fully saturated rings. The molecule has 1 aliphatic rings. The highest BCUT2D eigenvalue weighted by molar-refractivity contribution is 9.10. The Bertz CT molecular complexity index is 806. The average molecular weight is 449 g/mol. The highest BCUT2D eigenvalue weighted by Gasteiger charge is 2.23. The minimum absolute atomic E-state index is 0.0363. The van der Waals surface area contributed by atoms with Crippen molar-refractivity contribution in [3.63, 3.8) is 0 Å². The number of hydrogen-bond donors (Lipinski definition) is 1. The fourth-order valence-corrected chi connectivity index (χ4v) is 4.66. The van der Waals surface area contributed by atoms with E-state index in [1.54, 1.807) is 6.33 Å². The maximum Gasteiger partial charge on any atom is 0.234 e. The van der Waals surface area contributed by atoms with E-state index >= 15 is 0 Å². The van der Waals surface area contributed by atoms with Gasteiger partial charge in [0.15, 0.2) is 0 Å². The van der Waals surface area contributed by atoms with Crippen LogP contribution >= 0.6 is 27.7 Å². The Morgan fingerprint density at radius 3 is 2.70 bits per heavy atom. The third-order valence-electron chi connectivity index (χ3n) is 4.63. The lowest BCUT2D eigenvalue weighted by Crippen LogP contribution is -2.39. The Morgan fingerprint density at radius 1 is 1.26 bits per heavy atom. The van der Waals surface area contributed by atoms with Crippen molar-refractivity contribution in [1.29, 1.82) is 0 Å². The number of rotatable bonds is 5. The molecule has 7 heteroatoms. The molecule has 2 aromatic rings. The molecule has 1 saturated heterocycles. The molecule has 0 radical (unpaired) electrons. The van der Waals surface area contributed by atoms with Crippen molar-refractivity contribution in [2.24, 2.45) is 11.8 Å². The number of amides is 1. The maximum atomic E-state index is 12.3. The van der Waals surface area contributed by atoms with Crippen LogP contribution < -0.4 is 10.2 Å². The first-order valence-corrected chi connectivity index (χ1v) is 10.9. The fourth-order valence-electron chi connectivity index (χ4n) is 3.52. The third kappa shape index (κ3) is 5.69. The van der Waals surface area contributed by atoms with Crippen molar-refractivity contribution in [1.82, 2.24) is 9.97 Å². The average Bonchev–Trinajstić information content (AvgIpc) is 2.62. The fraction of sp³-hybridized carbons (Fsp3) is 0.450. The van der Waals surface area contributed by atoms with Gasteiger partial charge in [-0.05, 0) is 48.9 Å². The summed E-state index contributed by atoms with van der Waals surface area (Å²) in [6.07, 6.45) is 2.86. The van der Waals surface area contributed by atoms with Crippen LogP contribution in [-0.4, -0.2) is 34.7 Å². The van der Waals surface area contributed by atoms with Crippen molar-refractivity contribution in [3.05, 3.63) is 40.6 Å². The number of piperidine rings is 1. The molecule has 27 heavy (non-hydrogen) atoms. The van der Waals surface area contributed by atoms with E-state index in [1.165, 1.54) is 18.2 Å². The summed E-state index contributed by atoms with van der Waals surface area (Å²) in [4.78, 5) is 23.4. The van der Waals surface area contributed by atoms with Crippen molar-refractivity contribution in [3.8, 4) is 0 Å². The summed E-state index contributed by atoms with van der Waals surface area (Å²) in [5.41, 5.74) is 1.86. The molecule has 2 atom stereocenters.